The molecule has 0 fully saturated rings. The Labute approximate surface area is 125 Å². The monoisotopic (exact) mass is 290 g/mol. The highest BCUT2D eigenvalue weighted by Crippen LogP contribution is 2.14. The average molecular weight is 290 g/mol. The summed E-state index contributed by atoms with van der Waals surface area (Å²) in [7, 11) is 1.64. The van der Waals surface area contributed by atoms with Gasteiger partial charge in [0, 0.05) is 25.4 Å². The molecule has 0 atom stereocenters. The highest BCUT2D eigenvalue weighted by molar-refractivity contribution is 5.42. The zero-order chi connectivity index (χ0) is 15.1. The minimum atomic E-state index is 0.402. The Bertz CT molecular complexity index is 537. The molecule has 0 unspecified atom stereocenters. The van der Waals surface area contributed by atoms with E-state index in [4.69, 9.17) is 9.47 Å². The highest BCUT2D eigenvalue weighted by atomic mass is 16.5. The van der Waals surface area contributed by atoms with Crippen molar-refractivity contribution in [3.05, 3.63) is 36.5 Å². The molecule has 6 nitrogen and oxygen atoms in total. The molecule has 0 saturated carbocycles. The van der Waals surface area contributed by atoms with E-state index in [1.54, 1.807) is 13.3 Å². The first kappa shape index (κ1) is 15.3. The van der Waals surface area contributed by atoms with Crippen LogP contribution in [-0.4, -0.2) is 34.9 Å². The predicted molar refractivity (Wildman–Crippen MR) is 81.5 cm³/mol. The van der Waals surface area contributed by atoms with Gasteiger partial charge in [-0.25, -0.2) is 9.97 Å². The van der Waals surface area contributed by atoms with Gasteiger partial charge in [-0.3, -0.25) is 0 Å². The minimum Gasteiger partial charge on any atom is -0.475 e. The molecule has 0 aliphatic heterocycles. The SMILES string of the molecule is COCCOc1ccc(NCc2cncn2C(C)C)cn1. The van der Waals surface area contributed by atoms with E-state index in [-0.39, 0.29) is 0 Å². The maximum Gasteiger partial charge on any atom is 0.213 e. The van der Waals surface area contributed by atoms with Gasteiger partial charge in [-0.2, -0.15) is 0 Å². The molecule has 21 heavy (non-hydrogen) atoms. The van der Waals surface area contributed by atoms with E-state index in [9.17, 15) is 0 Å². The number of ether oxygens (including phenoxy) is 2. The lowest BCUT2D eigenvalue weighted by atomic mass is 10.3. The van der Waals surface area contributed by atoms with Gasteiger partial charge in [-0.05, 0) is 19.9 Å². The number of hydrogen-bond acceptors (Lipinski definition) is 5. The normalized spacial score (nSPS) is 10.9. The summed E-state index contributed by atoms with van der Waals surface area (Å²) in [5, 5.41) is 3.33. The second-order valence-electron chi connectivity index (χ2n) is 4.97. The molecule has 2 rings (SSSR count). The van der Waals surface area contributed by atoms with E-state index >= 15 is 0 Å². The predicted octanol–water partition coefficient (Wildman–Crippen LogP) is 2.50. The van der Waals surface area contributed by atoms with Gasteiger partial charge in [-0.1, -0.05) is 0 Å². The molecule has 2 heterocycles. The Kier molecular flexibility index (Phi) is 5.57. The van der Waals surface area contributed by atoms with Crippen molar-refractivity contribution in [1.82, 2.24) is 14.5 Å². The molecule has 0 bridgehead atoms. The standard InChI is InChI=1S/C15H22N4O2/c1-12(2)19-11-16-9-14(19)10-17-13-4-5-15(18-8-13)21-7-6-20-3/h4-5,8-9,11-12,17H,6-7,10H2,1-3H3. The van der Waals surface area contributed by atoms with E-state index < -0.39 is 0 Å². The molecule has 0 aliphatic rings. The molecule has 6 heteroatoms. The third-order valence-corrected chi connectivity index (χ3v) is 3.05. The zero-order valence-electron chi connectivity index (χ0n) is 12.7. The molecule has 0 aromatic carbocycles. The highest BCUT2D eigenvalue weighted by Gasteiger charge is 2.05. The van der Waals surface area contributed by atoms with Crippen LogP contribution in [0.15, 0.2) is 30.9 Å². The van der Waals surface area contributed by atoms with Crippen molar-refractivity contribution in [2.75, 3.05) is 25.6 Å². The summed E-state index contributed by atoms with van der Waals surface area (Å²) in [6.45, 7) is 6.05. The van der Waals surface area contributed by atoms with E-state index in [1.165, 1.54) is 0 Å². The molecule has 0 amide bonds. The number of anilines is 1. The number of methoxy groups -OCH3 is 1. The van der Waals surface area contributed by atoms with Gasteiger partial charge < -0.3 is 19.4 Å². The fourth-order valence-corrected chi connectivity index (χ4v) is 1.93. The van der Waals surface area contributed by atoms with Crippen molar-refractivity contribution in [3.8, 4) is 5.88 Å². The second kappa shape index (κ2) is 7.64. The molecule has 0 radical (unpaired) electrons. The van der Waals surface area contributed by atoms with E-state index in [0.717, 1.165) is 11.4 Å². The quantitative estimate of drug-likeness (QED) is 0.757. The number of aromatic nitrogens is 3. The number of imidazole rings is 1. The van der Waals surface area contributed by atoms with E-state index in [2.05, 4.69) is 33.7 Å². The van der Waals surface area contributed by atoms with Crippen LogP contribution in [0.25, 0.3) is 0 Å². The summed E-state index contributed by atoms with van der Waals surface area (Å²) in [4.78, 5) is 8.43. The Morgan fingerprint density at radius 2 is 2.10 bits per heavy atom. The molecule has 2 aromatic rings. The second-order valence-corrected chi connectivity index (χ2v) is 4.97. The summed E-state index contributed by atoms with van der Waals surface area (Å²) in [6.07, 6.45) is 5.49. The molecule has 1 N–H and O–H groups in total. The lowest BCUT2D eigenvalue weighted by Crippen LogP contribution is -2.09. The van der Waals surface area contributed by atoms with Gasteiger partial charge in [0.1, 0.15) is 6.61 Å². The molecular formula is C15H22N4O2. The molecule has 0 saturated heterocycles. The van der Waals surface area contributed by atoms with Crippen LogP contribution in [0.4, 0.5) is 5.69 Å². The van der Waals surface area contributed by atoms with Crippen LogP contribution < -0.4 is 10.1 Å². The van der Waals surface area contributed by atoms with Gasteiger partial charge in [0.05, 0.1) is 37.1 Å². The smallest absolute Gasteiger partial charge is 0.213 e. The number of hydrogen-bond donors (Lipinski definition) is 1. The van der Waals surface area contributed by atoms with Crippen LogP contribution in [0.2, 0.25) is 0 Å². The van der Waals surface area contributed by atoms with Gasteiger partial charge in [0.2, 0.25) is 5.88 Å². The molecule has 0 aliphatic carbocycles. The van der Waals surface area contributed by atoms with Crippen molar-refractivity contribution in [2.24, 2.45) is 0 Å². The van der Waals surface area contributed by atoms with Crippen molar-refractivity contribution in [1.29, 1.82) is 0 Å². The number of nitrogens with zero attached hydrogens (tertiary/aromatic N) is 3. The Morgan fingerprint density at radius 1 is 1.24 bits per heavy atom. The first-order valence-electron chi connectivity index (χ1n) is 7.03. The van der Waals surface area contributed by atoms with Crippen LogP contribution in [0, 0.1) is 0 Å². The van der Waals surface area contributed by atoms with Crippen molar-refractivity contribution in [2.45, 2.75) is 26.4 Å². The van der Waals surface area contributed by atoms with Gasteiger partial charge in [0.25, 0.3) is 0 Å². The Morgan fingerprint density at radius 3 is 2.76 bits per heavy atom. The van der Waals surface area contributed by atoms with Crippen molar-refractivity contribution < 1.29 is 9.47 Å². The average Bonchev–Trinajstić information content (AvgIpc) is 2.95. The van der Waals surface area contributed by atoms with Crippen LogP contribution in [0.3, 0.4) is 0 Å². The summed E-state index contributed by atoms with van der Waals surface area (Å²) in [6, 6.07) is 4.20. The van der Waals surface area contributed by atoms with Gasteiger partial charge in [0.15, 0.2) is 0 Å². The summed E-state index contributed by atoms with van der Waals surface area (Å²) < 4.78 is 12.5. The lowest BCUT2D eigenvalue weighted by molar-refractivity contribution is 0.144. The maximum atomic E-state index is 5.42. The van der Waals surface area contributed by atoms with Crippen LogP contribution in [-0.2, 0) is 11.3 Å². The maximum absolute atomic E-state index is 5.42. The number of pyridine rings is 1. The zero-order valence-corrected chi connectivity index (χ0v) is 12.7. The minimum absolute atomic E-state index is 0.402. The van der Waals surface area contributed by atoms with Gasteiger partial charge in [-0.15, -0.1) is 0 Å². The number of nitrogens with one attached hydrogen (secondary N) is 1. The van der Waals surface area contributed by atoms with Crippen LogP contribution in [0.1, 0.15) is 25.6 Å². The molecular weight excluding hydrogens is 268 g/mol. The molecule has 0 spiro atoms. The topological polar surface area (TPSA) is 61.2 Å². The van der Waals surface area contributed by atoms with Crippen LogP contribution >= 0.6 is 0 Å². The Hall–Kier alpha value is -2.08. The van der Waals surface area contributed by atoms with Gasteiger partial charge >= 0.3 is 0 Å². The first-order chi connectivity index (χ1) is 10.2. The fraction of sp³-hybridized carbons (Fsp3) is 0.467. The first-order valence-corrected chi connectivity index (χ1v) is 7.03. The third kappa shape index (κ3) is 4.46. The molecule has 114 valence electrons. The lowest BCUT2D eigenvalue weighted by Gasteiger charge is -2.13. The van der Waals surface area contributed by atoms with Crippen molar-refractivity contribution >= 4 is 5.69 Å². The summed E-state index contributed by atoms with van der Waals surface area (Å²) in [5.41, 5.74) is 2.09. The number of rotatable bonds is 8. The van der Waals surface area contributed by atoms with Crippen LogP contribution in [0.5, 0.6) is 5.88 Å². The fourth-order valence-electron chi connectivity index (χ4n) is 1.93. The Balaban J connectivity index is 1.87. The van der Waals surface area contributed by atoms with E-state index in [1.807, 2.05) is 24.7 Å². The third-order valence-electron chi connectivity index (χ3n) is 3.05. The largest absolute Gasteiger partial charge is 0.475 e. The van der Waals surface area contributed by atoms with Crippen molar-refractivity contribution in [3.63, 3.8) is 0 Å². The summed E-state index contributed by atoms with van der Waals surface area (Å²) in [5.74, 6) is 0.602. The molecule has 2 aromatic heterocycles. The van der Waals surface area contributed by atoms with E-state index in [0.29, 0.717) is 31.7 Å². The summed E-state index contributed by atoms with van der Waals surface area (Å²) >= 11 is 0.